The first-order valence-electron chi connectivity index (χ1n) is 9.70. The maximum atomic E-state index is 12.9. The van der Waals surface area contributed by atoms with Gasteiger partial charge in [0.2, 0.25) is 0 Å². The van der Waals surface area contributed by atoms with E-state index < -0.39 is 24.3 Å². The predicted octanol–water partition coefficient (Wildman–Crippen LogP) is 4.73. The van der Waals surface area contributed by atoms with Crippen LogP contribution in [0.2, 0.25) is 5.02 Å². The van der Waals surface area contributed by atoms with Crippen molar-refractivity contribution < 1.29 is 27.4 Å². The summed E-state index contributed by atoms with van der Waals surface area (Å²) in [5, 5.41) is 3.19. The van der Waals surface area contributed by atoms with Gasteiger partial charge in [0.25, 0.3) is 11.5 Å². The summed E-state index contributed by atoms with van der Waals surface area (Å²) in [5.74, 6) is -0.407. The number of pyridine rings is 1. The number of fused-ring (bicyclic) bond motifs is 1. The van der Waals surface area contributed by atoms with Crippen molar-refractivity contribution in [1.82, 2.24) is 4.57 Å². The quantitative estimate of drug-likeness (QED) is 0.485. The molecule has 2 aromatic carbocycles. The number of rotatable bonds is 8. The van der Waals surface area contributed by atoms with E-state index in [2.05, 4.69) is 5.32 Å². The van der Waals surface area contributed by atoms with Crippen LogP contribution >= 0.6 is 11.6 Å². The number of carbonyl (C=O) groups is 1. The van der Waals surface area contributed by atoms with Crippen LogP contribution in [0.3, 0.4) is 0 Å². The van der Waals surface area contributed by atoms with Crippen molar-refractivity contribution in [3.8, 4) is 5.75 Å². The van der Waals surface area contributed by atoms with E-state index >= 15 is 0 Å². The number of benzene rings is 2. The molecule has 32 heavy (non-hydrogen) atoms. The fourth-order valence-electron chi connectivity index (χ4n) is 3.03. The van der Waals surface area contributed by atoms with Crippen molar-refractivity contribution in [3.05, 3.63) is 69.6 Å². The first-order valence-corrected chi connectivity index (χ1v) is 10.1. The normalized spacial score (nSPS) is 11.5. The van der Waals surface area contributed by atoms with Crippen molar-refractivity contribution in [1.29, 1.82) is 0 Å². The minimum absolute atomic E-state index is 0.0379. The molecule has 0 aliphatic rings. The molecular formula is C22H20ClF3N2O4. The summed E-state index contributed by atoms with van der Waals surface area (Å²) in [6, 6.07) is 9.19. The lowest BCUT2D eigenvalue weighted by Crippen LogP contribution is -2.23. The zero-order chi connectivity index (χ0) is 23.3. The lowest BCUT2D eigenvalue weighted by atomic mass is 10.1. The Labute approximate surface area is 186 Å². The smallest absolute Gasteiger partial charge is 0.416 e. The van der Waals surface area contributed by atoms with E-state index in [9.17, 15) is 22.8 Å². The van der Waals surface area contributed by atoms with Gasteiger partial charge in [0.05, 0.1) is 28.3 Å². The first-order chi connectivity index (χ1) is 15.2. The number of anilines is 1. The van der Waals surface area contributed by atoms with Gasteiger partial charge >= 0.3 is 6.18 Å². The van der Waals surface area contributed by atoms with Crippen molar-refractivity contribution in [3.63, 3.8) is 0 Å². The molecule has 0 atom stereocenters. The molecule has 3 rings (SSSR count). The van der Waals surface area contributed by atoms with Gasteiger partial charge in [0.1, 0.15) is 5.75 Å². The lowest BCUT2D eigenvalue weighted by Gasteiger charge is -2.13. The maximum Gasteiger partial charge on any atom is 0.416 e. The molecule has 10 heteroatoms. The summed E-state index contributed by atoms with van der Waals surface area (Å²) in [4.78, 5) is 24.9. The average Bonchev–Trinajstić information content (AvgIpc) is 2.75. The standard InChI is InChI=1S/C22H20ClF3N2O4/c1-2-31-11-10-28-9-8-15-16(21(28)30)4-3-5-19(15)32-13-20(29)27-18-12-14(22(24,25)26)6-7-17(18)23/h3-9,12H,2,10-11,13H2,1H3,(H,27,29). The molecule has 1 amide bonds. The van der Waals surface area contributed by atoms with E-state index in [4.69, 9.17) is 21.1 Å². The van der Waals surface area contributed by atoms with Crippen LogP contribution in [0.5, 0.6) is 5.75 Å². The van der Waals surface area contributed by atoms with Gasteiger partial charge in [-0.05, 0) is 43.3 Å². The van der Waals surface area contributed by atoms with Crippen LogP contribution in [-0.4, -0.2) is 30.3 Å². The molecule has 1 heterocycles. The van der Waals surface area contributed by atoms with Crippen LogP contribution in [0, 0.1) is 0 Å². The van der Waals surface area contributed by atoms with Crippen LogP contribution in [0.25, 0.3) is 10.8 Å². The Morgan fingerprint density at radius 2 is 1.94 bits per heavy atom. The molecule has 0 spiro atoms. The summed E-state index contributed by atoms with van der Waals surface area (Å²) in [6.07, 6.45) is -2.96. The van der Waals surface area contributed by atoms with Gasteiger partial charge in [-0.15, -0.1) is 0 Å². The monoisotopic (exact) mass is 468 g/mol. The number of aromatic nitrogens is 1. The van der Waals surface area contributed by atoms with Crippen molar-refractivity contribution in [2.75, 3.05) is 25.1 Å². The lowest BCUT2D eigenvalue weighted by molar-refractivity contribution is -0.137. The minimum Gasteiger partial charge on any atom is -0.483 e. The number of hydrogen-bond acceptors (Lipinski definition) is 4. The highest BCUT2D eigenvalue weighted by Gasteiger charge is 2.31. The van der Waals surface area contributed by atoms with Gasteiger partial charge in [-0.3, -0.25) is 9.59 Å². The average molecular weight is 469 g/mol. The number of nitrogens with one attached hydrogen (secondary N) is 1. The number of alkyl halides is 3. The molecule has 1 aromatic heterocycles. The number of amides is 1. The zero-order valence-corrected chi connectivity index (χ0v) is 17.8. The van der Waals surface area contributed by atoms with Crippen LogP contribution < -0.4 is 15.6 Å². The third-order valence-electron chi connectivity index (χ3n) is 4.59. The fourth-order valence-corrected chi connectivity index (χ4v) is 3.19. The SMILES string of the molecule is CCOCCn1ccc2c(OCC(=O)Nc3cc(C(F)(F)F)ccc3Cl)cccc2c1=O. The van der Waals surface area contributed by atoms with Crippen LogP contribution in [0.15, 0.2) is 53.5 Å². The number of ether oxygens (including phenoxy) is 2. The van der Waals surface area contributed by atoms with E-state index in [1.165, 1.54) is 4.57 Å². The number of carbonyl (C=O) groups excluding carboxylic acids is 1. The van der Waals surface area contributed by atoms with Crippen molar-refractivity contribution in [2.45, 2.75) is 19.6 Å². The Kier molecular flexibility index (Phi) is 7.42. The molecule has 6 nitrogen and oxygen atoms in total. The summed E-state index contributed by atoms with van der Waals surface area (Å²) in [7, 11) is 0. The largest absolute Gasteiger partial charge is 0.483 e. The molecule has 3 aromatic rings. The highest BCUT2D eigenvalue weighted by Crippen LogP contribution is 2.33. The van der Waals surface area contributed by atoms with Crippen LogP contribution in [0.1, 0.15) is 12.5 Å². The third kappa shape index (κ3) is 5.60. The maximum absolute atomic E-state index is 12.9. The van der Waals surface area contributed by atoms with E-state index in [0.29, 0.717) is 36.3 Å². The second-order valence-electron chi connectivity index (χ2n) is 6.76. The van der Waals surface area contributed by atoms with Gasteiger partial charge in [0, 0.05) is 24.7 Å². The Bertz CT molecular complexity index is 1180. The Hall–Kier alpha value is -3.04. The molecule has 0 saturated heterocycles. The molecule has 0 bridgehead atoms. The number of hydrogen-bond donors (Lipinski definition) is 1. The van der Waals surface area contributed by atoms with Gasteiger partial charge < -0.3 is 19.4 Å². The number of nitrogens with zero attached hydrogens (tertiary/aromatic N) is 1. The highest BCUT2D eigenvalue weighted by molar-refractivity contribution is 6.33. The zero-order valence-electron chi connectivity index (χ0n) is 17.0. The van der Waals surface area contributed by atoms with E-state index in [-0.39, 0.29) is 16.3 Å². The third-order valence-corrected chi connectivity index (χ3v) is 4.92. The summed E-state index contributed by atoms with van der Waals surface area (Å²) in [5.41, 5.74) is -1.34. The number of halogens is 4. The Morgan fingerprint density at radius 3 is 2.66 bits per heavy atom. The second kappa shape index (κ2) is 10.1. The van der Waals surface area contributed by atoms with Gasteiger partial charge in [-0.2, -0.15) is 13.2 Å². The Balaban J connectivity index is 1.73. The predicted molar refractivity (Wildman–Crippen MR) is 115 cm³/mol. The van der Waals surface area contributed by atoms with Gasteiger partial charge in [0.15, 0.2) is 6.61 Å². The summed E-state index contributed by atoms with van der Waals surface area (Å²) < 4.78 is 51.0. The van der Waals surface area contributed by atoms with Crippen molar-refractivity contribution in [2.24, 2.45) is 0 Å². The van der Waals surface area contributed by atoms with E-state index in [1.54, 1.807) is 30.5 Å². The topological polar surface area (TPSA) is 69.6 Å². The van der Waals surface area contributed by atoms with Gasteiger partial charge in [-0.1, -0.05) is 17.7 Å². The van der Waals surface area contributed by atoms with Crippen LogP contribution in [-0.2, 0) is 22.3 Å². The fraction of sp³-hybridized carbons (Fsp3) is 0.273. The molecular weight excluding hydrogens is 449 g/mol. The first kappa shape index (κ1) is 23.6. The molecule has 0 fully saturated rings. The molecule has 0 saturated carbocycles. The van der Waals surface area contributed by atoms with E-state index in [0.717, 1.165) is 18.2 Å². The highest BCUT2D eigenvalue weighted by atomic mass is 35.5. The minimum atomic E-state index is -4.57. The molecule has 0 unspecified atom stereocenters. The molecule has 0 aliphatic heterocycles. The van der Waals surface area contributed by atoms with E-state index in [1.807, 2.05) is 6.92 Å². The second-order valence-corrected chi connectivity index (χ2v) is 7.17. The van der Waals surface area contributed by atoms with Crippen molar-refractivity contribution >= 4 is 34.0 Å². The molecule has 170 valence electrons. The molecule has 0 aliphatic carbocycles. The molecule has 0 radical (unpaired) electrons. The van der Waals surface area contributed by atoms with Crippen LogP contribution in [0.4, 0.5) is 18.9 Å². The Morgan fingerprint density at radius 1 is 1.16 bits per heavy atom. The molecule has 1 N–H and O–H groups in total. The summed E-state index contributed by atoms with van der Waals surface area (Å²) >= 11 is 5.89. The summed E-state index contributed by atoms with van der Waals surface area (Å²) in [6.45, 7) is 2.72. The van der Waals surface area contributed by atoms with Gasteiger partial charge in [-0.25, -0.2) is 0 Å².